The summed E-state index contributed by atoms with van der Waals surface area (Å²) in [6.45, 7) is 3.88. The van der Waals surface area contributed by atoms with Gasteiger partial charge >= 0.3 is 0 Å². The highest BCUT2D eigenvalue weighted by Crippen LogP contribution is 2.32. The molecule has 0 aliphatic rings. The third kappa shape index (κ3) is 3.00. The van der Waals surface area contributed by atoms with Crippen LogP contribution < -0.4 is 5.73 Å². The second-order valence-corrected chi connectivity index (χ2v) is 4.98. The molecule has 0 saturated heterocycles. The number of halogens is 1. The van der Waals surface area contributed by atoms with Gasteiger partial charge in [-0.25, -0.2) is 0 Å². The van der Waals surface area contributed by atoms with Gasteiger partial charge in [0.05, 0.1) is 12.1 Å². The molecule has 0 bridgehead atoms. The molecule has 0 aliphatic heterocycles. The highest BCUT2D eigenvalue weighted by molar-refractivity contribution is 5.91. The van der Waals surface area contributed by atoms with Crippen molar-refractivity contribution in [3.63, 3.8) is 0 Å². The van der Waals surface area contributed by atoms with E-state index in [1.165, 1.54) is 0 Å². The summed E-state index contributed by atoms with van der Waals surface area (Å²) in [7, 11) is 0. The first-order valence-corrected chi connectivity index (χ1v) is 6.16. The van der Waals surface area contributed by atoms with Gasteiger partial charge in [-0.15, -0.1) is 12.4 Å². The average molecular weight is 282 g/mol. The van der Waals surface area contributed by atoms with Gasteiger partial charge in [-0.3, -0.25) is 0 Å². The lowest BCUT2D eigenvalue weighted by molar-refractivity contribution is 0.0984. The molecule has 4 heteroatoms. The Hall–Kier alpha value is -1.29. The Morgan fingerprint density at radius 2 is 1.58 bits per heavy atom. The van der Waals surface area contributed by atoms with Crippen molar-refractivity contribution >= 4 is 23.2 Å². The summed E-state index contributed by atoms with van der Waals surface area (Å²) in [5, 5.41) is 21.6. The number of aliphatic hydroxyl groups excluding tert-OH is 1. The summed E-state index contributed by atoms with van der Waals surface area (Å²) >= 11 is 0. The lowest BCUT2D eigenvalue weighted by atomic mass is 9.91. The number of aliphatic hydroxyl groups is 1. The largest absolute Gasteiger partial charge is 0.507 e. The van der Waals surface area contributed by atoms with Crippen LogP contribution >= 0.6 is 12.4 Å². The summed E-state index contributed by atoms with van der Waals surface area (Å²) < 4.78 is 0. The standard InChI is InChI=1S/C15H19NO2.ClH/c1-9(2)15(18)14(16)12-7-8-13(17)11-6-4-3-5-10(11)12;/h3-9,14-15,17-18H,16H2,1-2H3;1H/t14-,15+;/m0./s1. The number of hydrogen-bond acceptors (Lipinski definition) is 3. The van der Waals surface area contributed by atoms with E-state index in [2.05, 4.69) is 0 Å². The zero-order chi connectivity index (χ0) is 13.3. The van der Waals surface area contributed by atoms with Gasteiger partial charge in [-0.1, -0.05) is 44.2 Å². The SMILES string of the molecule is CC(C)[C@@H](O)[C@@H](N)c1ccc(O)c2ccccc12.Cl. The fourth-order valence-corrected chi connectivity index (χ4v) is 2.20. The number of phenolic OH excluding ortho intramolecular Hbond substituents is 1. The molecule has 2 atom stereocenters. The van der Waals surface area contributed by atoms with Gasteiger partial charge in [-0.05, 0) is 22.9 Å². The van der Waals surface area contributed by atoms with Crippen molar-refractivity contribution in [2.24, 2.45) is 11.7 Å². The lowest BCUT2D eigenvalue weighted by Crippen LogP contribution is -2.30. The maximum atomic E-state index is 10.1. The average Bonchev–Trinajstić information content (AvgIpc) is 2.38. The molecule has 0 radical (unpaired) electrons. The van der Waals surface area contributed by atoms with Gasteiger partial charge in [0.1, 0.15) is 5.75 Å². The minimum absolute atomic E-state index is 0. The minimum atomic E-state index is -0.599. The van der Waals surface area contributed by atoms with Gasteiger partial charge in [-0.2, -0.15) is 0 Å². The van der Waals surface area contributed by atoms with Gasteiger partial charge in [0.15, 0.2) is 0 Å². The highest BCUT2D eigenvalue weighted by atomic mass is 35.5. The fraction of sp³-hybridized carbons (Fsp3) is 0.333. The Morgan fingerprint density at radius 3 is 2.16 bits per heavy atom. The number of phenols is 1. The monoisotopic (exact) mass is 281 g/mol. The summed E-state index contributed by atoms with van der Waals surface area (Å²) in [4.78, 5) is 0. The van der Waals surface area contributed by atoms with Crippen LogP contribution in [-0.4, -0.2) is 16.3 Å². The molecule has 0 fully saturated rings. The number of fused-ring (bicyclic) bond motifs is 1. The Morgan fingerprint density at radius 1 is 1.00 bits per heavy atom. The molecule has 0 saturated carbocycles. The fourth-order valence-electron chi connectivity index (χ4n) is 2.20. The maximum absolute atomic E-state index is 10.1. The highest BCUT2D eigenvalue weighted by Gasteiger charge is 2.22. The molecular formula is C15H20ClNO2. The molecule has 0 amide bonds. The number of nitrogens with two attached hydrogens (primary N) is 1. The van der Waals surface area contributed by atoms with E-state index < -0.39 is 12.1 Å². The molecule has 2 aromatic carbocycles. The third-order valence-corrected chi connectivity index (χ3v) is 3.34. The van der Waals surface area contributed by atoms with Crippen molar-refractivity contribution in [1.29, 1.82) is 0 Å². The van der Waals surface area contributed by atoms with Crippen molar-refractivity contribution in [3.05, 3.63) is 42.0 Å². The molecule has 0 spiro atoms. The first-order chi connectivity index (χ1) is 8.52. The van der Waals surface area contributed by atoms with Crippen LogP contribution in [-0.2, 0) is 0 Å². The molecule has 104 valence electrons. The molecule has 0 heterocycles. The van der Waals surface area contributed by atoms with Gasteiger partial charge in [0, 0.05) is 5.39 Å². The second-order valence-electron chi connectivity index (χ2n) is 4.98. The minimum Gasteiger partial charge on any atom is -0.507 e. The molecule has 0 aliphatic carbocycles. The number of aromatic hydroxyl groups is 1. The summed E-state index contributed by atoms with van der Waals surface area (Å²) in [6.07, 6.45) is -0.599. The van der Waals surface area contributed by atoms with E-state index in [-0.39, 0.29) is 24.1 Å². The van der Waals surface area contributed by atoms with Crippen LogP contribution in [0.1, 0.15) is 25.5 Å². The van der Waals surface area contributed by atoms with Crippen LogP contribution in [0.15, 0.2) is 36.4 Å². The quantitative estimate of drug-likeness (QED) is 0.810. The smallest absolute Gasteiger partial charge is 0.123 e. The third-order valence-electron chi connectivity index (χ3n) is 3.34. The zero-order valence-corrected chi connectivity index (χ0v) is 11.9. The molecule has 3 nitrogen and oxygen atoms in total. The first-order valence-electron chi connectivity index (χ1n) is 6.16. The van der Waals surface area contributed by atoms with Crippen LogP contribution in [0.25, 0.3) is 10.8 Å². The normalized spacial score (nSPS) is 14.2. The van der Waals surface area contributed by atoms with Crippen LogP contribution in [0.4, 0.5) is 0 Å². The summed E-state index contributed by atoms with van der Waals surface area (Å²) in [5.74, 6) is 0.327. The Bertz CT molecular complexity index is 557. The Balaban J connectivity index is 0.00000180. The topological polar surface area (TPSA) is 66.5 Å². The molecular weight excluding hydrogens is 262 g/mol. The molecule has 19 heavy (non-hydrogen) atoms. The van der Waals surface area contributed by atoms with Crippen LogP contribution in [0.5, 0.6) is 5.75 Å². The maximum Gasteiger partial charge on any atom is 0.123 e. The Kier molecular flexibility index (Phi) is 5.18. The van der Waals surface area contributed by atoms with Crippen LogP contribution in [0, 0.1) is 5.92 Å². The number of rotatable bonds is 3. The van der Waals surface area contributed by atoms with E-state index in [9.17, 15) is 10.2 Å². The van der Waals surface area contributed by atoms with E-state index in [1.54, 1.807) is 12.1 Å². The van der Waals surface area contributed by atoms with Crippen molar-refractivity contribution < 1.29 is 10.2 Å². The van der Waals surface area contributed by atoms with E-state index in [4.69, 9.17) is 5.73 Å². The zero-order valence-electron chi connectivity index (χ0n) is 11.1. The van der Waals surface area contributed by atoms with Gasteiger partial charge < -0.3 is 15.9 Å². The van der Waals surface area contributed by atoms with Crippen molar-refractivity contribution in [1.82, 2.24) is 0 Å². The molecule has 2 rings (SSSR count). The van der Waals surface area contributed by atoms with Crippen molar-refractivity contribution in [2.75, 3.05) is 0 Å². The van der Waals surface area contributed by atoms with Gasteiger partial charge in [0.2, 0.25) is 0 Å². The number of benzene rings is 2. The van der Waals surface area contributed by atoms with E-state index in [0.717, 1.165) is 16.3 Å². The summed E-state index contributed by atoms with van der Waals surface area (Å²) in [6, 6.07) is 10.5. The molecule has 0 unspecified atom stereocenters. The van der Waals surface area contributed by atoms with Crippen LogP contribution in [0.3, 0.4) is 0 Å². The predicted octanol–water partition coefficient (Wildman–Crippen LogP) is 2.98. The van der Waals surface area contributed by atoms with Crippen molar-refractivity contribution in [3.8, 4) is 5.75 Å². The van der Waals surface area contributed by atoms with Crippen LogP contribution in [0.2, 0.25) is 0 Å². The molecule has 2 aromatic rings. The van der Waals surface area contributed by atoms with Crippen molar-refractivity contribution in [2.45, 2.75) is 26.0 Å². The summed E-state index contributed by atoms with van der Waals surface area (Å²) in [5.41, 5.74) is 6.99. The predicted molar refractivity (Wildman–Crippen MR) is 80.6 cm³/mol. The molecule has 4 N–H and O–H groups in total. The second kappa shape index (κ2) is 6.24. The van der Waals surface area contributed by atoms with E-state index >= 15 is 0 Å². The molecule has 0 aromatic heterocycles. The van der Waals surface area contributed by atoms with E-state index in [1.807, 2.05) is 38.1 Å². The lowest BCUT2D eigenvalue weighted by Gasteiger charge is -2.23. The first kappa shape index (κ1) is 15.8. The van der Waals surface area contributed by atoms with E-state index in [0.29, 0.717) is 0 Å². The Labute approximate surface area is 119 Å². The van der Waals surface area contributed by atoms with Gasteiger partial charge in [0.25, 0.3) is 0 Å². The number of hydrogen-bond donors (Lipinski definition) is 3.